The van der Waals surface area contributed by atoms with Crippen LogP contribution in [0.1, 0.15) is 22.0 Å². The molecule has 0 amide bonds. The quantitative estimate of drug-likeness (QED) is 0.612. The Balaban J connectivity index is 3.29. The van der Waals surface area contributed by atoms with Crippen LogP contribution < -0.4 is 15.2 Å². The van der Waals surface area contributed by atoms with Gasteiger partial charge in [-0.25, -0.2) is 0 Å². The molecule has 0 radical (unpaired) electrons. The fourth-order valence-corrected chi connectivity index (χ4v) is 1.60. The van der Waals surface area contributed by atoms with E-state index >= 15 is 0 Å². The molecule has 0 saturated carbocycles. The zero-order valence-electron chi connectivity index (χ0n) is 10.3. The summed E-state index contributed by atoms with van der Waals surface area (Å²) in [6, 6.07) is 2.89. The molecular formula is C12H17NO5. The number of benzene rings is 1. The van der Waals surface area contributed by atoms with Crippen LogP contribution in [0.15, 0.2) is 12.1 Å². The highest BCUT2D eigenvalue weighted by Crippen LogP contribution is 2.33. The summed E-state index contributed by atoms with van der Waals surface area (Å²) in [7, 11) is 2.88. The van der Waals surface area contributed by atoms with E-state index in [-0.39, 0.29) is 17.7 Å². The van der Waals surface area contributed by atoms with Crippen LogP contribution in [-0.4, -0.2) is 43.4 Å². The van der Waals surface area contributed by atoms with E-state index in [9.17, 15) is 15.0 Å². The molecule has 18 heavy (non-hydrogen) atoms. The number of rotatable bonds is 6. The van der Waals surface area contributed by atoms with Gasteiger partial charge in [0.15, 0.2) is 17.8 Å². The number of aldehydes is 1. The van der Waals surface area contributed by atoms with E-state index in [4.69, 9.17) is 15.2 Å². The van der Waals surface area contributed by atoms with Crippen LogP contribution in [0.2, 0.25) is 0 Å². The minimum absolute atomic E-state index is 0.117. The molecule has 0 bridgehead atoms. The van der Waals surface area contributed by atoms with E-state index in [0.717, 1.165) is 0 Å². The van der Waals surface area contributed by atoms with Gasteiger partial charge in [-0.2, -0.15) is 0 Å². The van der Waals surface area contributed by atoms with E-state index in [1.807, 2.05) is 0 Å². The van der Waals surface area contributed by atoms with Crippen molar-refractivity contribution in [1.29, 1.82) is 0 Å². The lowest BCUT2D eigenvalue weighted by atomic mass is 9.98. The minimum atomic E-state index is -1.25. The summed E-state index contributed by atoms with van der Waals surface area (Å²) in [6.07, 6.45) is -1.83. The Bertz CT molecular complexity index is 421. The van der Waals surface area contributed by atoms with Gasteiger partial charge < -0.3 is 25.4 Å². The first kappa shape index (κ1) is 14.4. The van der Waals surface area contributed by atoms with Crippen LogP contribution >= 0.6 is 0 Å². The topological polar surface area (TPSA) is 102 Å². The SMILES string of the molecule is COc1cc(C=O)c(C(O)C(O)CN)cc1OC. The summed E-state index contributed by atoms with van der Waals surface area (Å²) in [5.41, 5.74) is 5.74. The third-order valence-electron chi connectivity index (χ3n) is 2.64. The van der Waals surface area contributed by atoms with Crippen LogP contribution in [-0.2, 0) is 0 Å². The number of carbonyl (C=O) groups is 1. The molecule has 0 saturated heterocycles. The lowest BCUT2D eigenvalue weighted by Gasteiger charge is -2.19. The third kappa shape index (κ3) is 2.79. The van der Waals surface area contributed by atoms with Crippen molar-refractivity contribution < 1.29 is 24.5 Å². The molecular weight excluding hydrogens is 238 g/mol. The first-order valence-electron chi connectivity index (χ1n) is 5.36. The van der Waals surface area contributed by atoms with Crippen LogP contribution in [0.3, 0.4) is 0 Å². The van der Waals surface area contributed by atoms with Gasteiger partial charge in [0, 0.05) is 12.1 Å². The van der Waals surface area contributed by atoms with Gasteiger partial charge in [0.1, 0.15) is 6.10 Å². The standard InChI is InChI=1S/C12H17NO5/c1-17-10-3-7(6-14)8(4-11(10)18-2)12(16)9(15)5-13/h3-4,6,9,12,15-16H,5,13H2,1-2H3. The second-order valence-corrected chi connectivity index (χ2v) is 3.70. The zero-order valence-corrected chi connectivity index (χ0v) is 10.3. The summed E-state index contributed by atoms with van der Waals surface area (Å²) in [6.45, 7) is -0.117. The molecule has 1 aromatic rings. The van der Waals surface area contributed by atoms with Crippen molar-refractivity contribution in [3.63, 3.8) is 0 Å². The van der Waals surface area contributed by atoms with E-state index in [2.05, 4.69) is 0 Å². The maximum Gasteiger partial charge on any atom is 0.161 e. The number of nitrogens with two attached hydrogens (primary N) is 1. The molecule has 0 aliphatic carbocycles. The molecule has 6 heteroatoms. The molecule has 0 heterocycles. The minimum Gasteiger partial charge on any atom is -0.493 e. The number of hydrogen-bond donors (Lipinski definition) is 3. The van der Waals surface area contributed by atoms with Crippen molar-refractivity contribution in [2.75, 3.05) is 20.8 Å². The van der Waals surface area contributed by atoms with E-state index in [1.165, 1.54) is 26.4 Å². The molecule has 2 atom stereocenters. The Morgan fingerprint density at radius 1 is 1.28 bits per heavy atom. The third-order valence-corrected chi connectivity index (χ3v) is 2.64. The number of methoxy groups -OCH3 is 2. The summed E-state index contributed by atoms with van der Waals surface area (Å²) >= 11 is 0. The number of carbonyl (C=O) groups excluding carboxylic acids is 1. The Labute approximate surface area is 105 Å². The fraction of sp³-hybridized carbons (Fsp3) is 0.417. The summed E-state index contributed by atoms with van der Waals surface area (Å²) in [4.78, 5) is 11.0. The number of hydrogen-bond acceptors (Lipinski definition) is 6. The second kappa shape index (κ2) is 6.34. The molecule has 2 unspecified atom stereocenters. The molecule has 100 valence electrons. The smallest absolute Gasteiger partial charge is 0.161 e. The van der Waals surface area contributed by atoms with Gasteiger partial charge in [-0.15, -0.1) is 0 Å². The predicted molar refractivity (Wildman–Crippen MR) is 65.0 cm³/mol. The average molecular weight is 255 g/mol. The second-order valence-electron chi connectivity index (χ2n) is 3.70. The van der Waals surface area contributed by atoms with E-state index in [1.54, 1.807) is 0 Å². The first-order valence-corrected chi connectivity index (χ1v) is 5.36. The Hall–Kier alpha value is -1.63. The highest BCUT2D eigenvalue weighted by molar-refractivity contribution is 5.79. The number of ether oxygens (including phenoxy) is 2. The lowest BCUT2D eigenvalue weighted by Crippen LogP contribution is -2.27. The average Bonchev–Trinajstić information content (AvgIpc) is 2.43. The van der Waals surface area contributed by atoms with Gasteiger partial charge in [-0.1, -0.05) is 0 Å². The normalized spacial score (nSPS) is 13.8. The number of aliphatic hydroxyl groups is 2. The van der Waals surface area contributed by atoms with Gasteiger partial charge >= 0.3 is 0 Å². The van der Waals surface area contributed by atoms with Crippen molar-refractivity contribution in [2.45, 2.75) is 12.2 Å². The summed E-state index contributed by atoms with van der Waals surface area (Å²) < 4.78 is 10.1. The Morgan fingerprint density at radius 2 is 1.83 bits per heavy atom. The van der Waals surface area contributed by atoms with E-state index < -0.39 is 12.2 Å². The highest BCUT2D eigenvalue weighted by atomic mass is 16.5. The number of aliphatic hydroxyl groups excluding tert-OH is 2. The van der Waals surface area contributed by atoms with Gasteiger partial charge in [0.2, 0.25) is 0 Å². The molecule has 0 fully saturated rings. The van der Waals surface area contributed by atoms with Gasteiger partial charge in [-0.05, 0) is 17.7 Å². The fourth-order valence-electron chi connectivity index (χ4n) is 1.60. The Morgan fingerprint density at radius 3 is 2.28 bits per heavy atom. The maximum absolute atomic E-state index is 11.0. The lowest BCUT2D eigenvalue weighted by molar-refractivity contribution is 0.0238. The molecule has 1 aromatic carbocycles. The summed E-state index contributed by atoms with van der Waals surface area (Å²) in [5.74, 6) is 0.735. The zero-order chi connectivity index (χ0) is 13.7. The van der Waals surface area contributed by atoms with Crippen LogP contribution in [0.4, 0.5) is 0 Å². The van der Waals surface area contributed by atoms with Crippen molar-refractivity contribution in [3.8, 4) is 11.5 Å². The van der Waals surface area contributed by atoms with E-state index in [0.29, 0.717) is 17.8 Å². The van der Waals surface area contributed by atoms with Gasteiger partial charge in [-0.3, -0.25) is 4.79 Å². The Kier molecular flexibility index (Phi) is 5.08. The van der Waals surface area contributed by atoms with Gasteiger partial charge in [0.25, 0.3) is 0 Å². The van der Waals surface area contributed by atoms with Crippen molar-refractivity contribution >= 4 is 6.29 Å². The predicted octanol–water partition coefficient (Wildman–Crippen LogP) is -0.131. The first-order chi connectivity index (χ1) is 8.58. The molecule has 1 rings (SSSR count). The molecule has 6 nitrogen and oxygen atoms in total. The molecule has 4 N–H and O–H groups in total. The molecule has 0 spiro atoms. The van der Waals surface area contributed by atoms with Crippen molar-refractivity contribution in [2.24, 2.45) is 5.73 Å². The molecule has 0 aliphatic heterocycles. The van der Waals surface area contributed by atoms with Crippen LogP contribution in [0, 0.1) is 0 Å². The van der Waals surface area contributed by atoms with Crippen LogP contribution in [0.25, 0.3) is 0 Å². The van der Waals surface area contributed by atoms with Crippen LogP contribution in [0.5, 0.6) is 11.5 Å². The van der Waals surface area contributed by atoms with Gasteiger partial charge in [0.05, 0.1) is 20.3 Å². The molecule has 0 aliphatic rings. The summed E-state index contributed by atoms with van der Waals surface area (Å²) in [5, 5.41) is 19.4. The largest absolute Gasteiger partial charge is 0.493 e. The monoisotopic (exact) mass is 255 g/mol. The van der Waals surface area contributed by atoms with Crippen molar-refractivity contribution in [1.82, 2.24) is 0 Å². The highest BCUT2D eigenvalue weighted by Gasteiger charge is 2.22. The maximum atomic E-state index is 11.0. The van der Waals surface area contributed by atoms with Crippen molar-refractivity contribution in [3.05, 3.63) is 23.3 Å². The molecule has 0 aromatic heterocycles.